The van der Waals surface area contributed by atoms with Crippen LogP contribution in [0.25, 0.3) is 10.8 Å². The van der Waals surface area contributed by atoms with Crippen molar-refractivity contribution in [3.05, 3.63) is 42.0 Å². The van der Waals surface area contributed by atoms with Gasteiger partial charge in [-0.2, -0.15) is 0 Å². The van der Waals surface area contributed by atoms with E-state index in [1.54, 1.807) is 14.0 Å². The summed E-state index contributed by atoms with van der Waals surface area (Å²) in [5, 5.41) is 1.74. The molecule has 0 spiro atoms. The number of ether oxygens (including phenoxy) is 1. The van der Waals surface area contributed by atoms with E-state index in [1.807, 2.05) is 41.3 Å². The minimum Gasteiger partial charge on any atom is -0.496 e. The number of carbonyl (C=O) groups is 2. The maximum Gasteiger partial charge on any atom is 0.219 e. The van der Waals surface area contributed by atoms with Gasteiger partial charge in [-0.05, 0) is 35.7 Å². The van der Waals surface area contributed by atoms with Crippen LogP contribution >= 0.6 is 0 Å². The van der Waals surface area contributed by atoms with E-state index in [4.69, 9.17) is 4.74 Å². The zero-order chi connectivity index (χ0) is 21.6. The molecule has 0 aromatic heterocycles. The first-order valence-electron chi connectivity index (χ1n) is 10.2. The first-order valence-corrected chi connectivity index (χ1v) is 11.4. The van der Waals surface area contributed by atoms with Crippen molar-refractivity contribution in [1.82, 2.24) is 4.90 Å². The Labute approximate surface area is 179 Å². The number of Topliss-reactive ketones (excluding diaryl/α,β-unsaturated/α-hetero) is 1. The minimum absolute atomic E-state index is 0.0989. The van der Waals surface area contributed by atoms with Crippen molar-refractivity contribution in [2.24, 2.45) is 5.41 Å². The fourth-order valence-electron chi connectivity index (χ4n) is 3.57. The lowest BCUT2D eigenvalue weighted by atomic mass is 9.86. The van der Waals surface area contributed by atoms with Crippen molar-refractivity contribution in [3.8, 4) is 5.75 Å². The first kappa shape index (κ1) is 23.3. The lowest BCUT2D eigenvalue weighted by Crippen LogP contribution is -2.39. The summed E-state index contributed by atoms with van der Waals surface area (Å²) in [4.78, 5) is 27.3. The number of amides is 1. The maximum absolute atomic E-state index is 13.6. The predicted molar refractivity (Wildman–Crippen MR) is 124 cm³/mol. The van der Waals surface area contributed by atoms with Gasteiger partial charge in [0, 0.05) is 29.8 Å². The largest absolute Gasteiger partial charge is 0.496 e. The molecule has 5 heteroatoms. The SMILES string of the molecule is CCCN(CC[SH+]C(C(=O)c1ccc(OC)c2ccccc12)C(C)(C)C)C(C)=O. The molecule has 0 bridgehead atoms. The minimum atomic E-state index is -0.175. The van der Waals surface area contributed by atoms with Gasteiger partial charge in [0.15, 0.2) is 5.25 Å². The van der Waals surface area contributed by atoms with Crippen molar-refractivity contribution >= 4 is 34.2 Å². The van der Waals surface area contributed by atoms with Crippen LogP contribution in [0.15, 0.2) is 36.4 Å². The molecular weight excluding hydrogens is 382 g/mol. The Balaban J connectivity index is 2.29. The molecule has 158 valence electrons. The van der Waals surface area contributed by atoms with Gasteiger partial charge in [0.05, 0.1) is 13.7 Å². The highest BCUT2D eigenvalue weighted by Crippen LogP contribution is 2.32. The molecule has 1 amide bonds. The van der Waals surface area contributed by atoms with E-state index < -0.39 is 0 Å². The molecule has 0 aliphatic rings. The Morgan fingerprint density at radius 2 is 1.72 bits per heavy atom. The summed E-state index contributed by atoms with van der Waals surface area (Å²) in [6.45, 7) is 11.5. The standard InChI is InChI=1S/C24H33NO3S/c1-7-14-25(17(2)26)15-16-29-23(24(3,4)5)22(27)20-12-13-21(28-6)19-11-9-8-10-18(19)20/h8-13,23H,7,14-16H2,1-6H3/p+1. The molecular formula is C24H34NO3S+. The topological polar surface area (TPSA) is 46.6 Å². The molecule has 0 N–H and O–H groups in total. The van der Waals surface area contributed by atoms with Gasteiger partial charge in [0.25, 0.3) is 0 Å². The lowest BCUT2D eigenvalue weighted by molar-refractivity contribution is -0.128. The van der Waals surface area contributed by atoms with Crippen LogP contribution in [0.3, 0.4) is 0 Å². The van der Waals surface area contributed by atoms with E-state index in [-0.39, 0.29) is 22.4 Å². The normalized spacial score (nSPS) is 12.6. The highest BCUT2D eigenvalue weighted by Gasteiger charge is 2.39. The predicted octanol–water partition coefficient (Wildman–Crippen LogP) is 4.52. The molecule has 29 heavy (non-hydrogen) atoms. The highest BCUT2D eigenvalue weighted by molar-refractivity contribution is 7.80. The first-order chi connectivity index (χ1) is 13.7. The summed E-state index contributed by atoms with van der Waals surface area (Å²) >= 11 is 1.06. The Morgan fingerprint density at radius 1 is 1.07 bits per heavy atom. The van der Waals surface area contributed by atoms with Crippen LogP contribution in [0, 0.1) is 5.41 Å². The number of methoxy groups -OCH3 is 1. The summed E-state index contributed by atoms with van der Waals surface area (Å²) in [5.74, 6) is 1.82. The molecule has 0 saturated carbocycles. The third kappa shape index (κ3) is 5.75. The average molecular weight is 417 g/mol. The third-order valence-electron chi connectivity index (χ3n) is 5.06. The van der Waals surface area contributed by atoms with Crippen LogP contribution in [-0.4, -0.2) is 47.8 Å². The second-order valence-corrected chi connectivity index (χ2v) is 9.73. The number of rotatable bonds is 9. The molecule has 1 unspecified atom stereocenters. The van der Waals surface area contributed by atoms with Gasteiger partial charge in [-0.15, -0.1) is 0 Å². The zero-order valence-electron chi connectivity index (χ0n) is 18.5. The Morgan fingerprint density at radius 3 is 2.28 bits per heavy atom. The second-order valence-electron chi connectivity index (χ2n) is 8.41. The molecule has 0 fully saturated rings. The molecule has 0 radical (unpaired) electrons. The number of benzene rings is 2. The van der Waals surface area contributed by atoms with Crippen LogP contribution in [0.5, 0.6) is 5.75 Å². The summed E-state index contributed by atoms with van der Waals surface area (Å²) in [5.41, 5.74) is 0.566. The van der Waals surface area contributed by atoms with Crippen molar-refractivity contribution in [3.63, 3.8) is 0 Å². The van der Waals surface area contributed by atoms with Gasteiger partial charge in [0.2, 0.25) is 11.7 Å². The number of hydrogen-bond acceptors (Lipinski definition) is 3. The molecule has 1 atom stereocenters. The van der Waals surface area contributed by atoms with E-state index in [0.29, 0.717) is 6.54 Å². The summed E-state index contributed by atoms with van der Waals surface area (Å²) in [6.07, 6.45) is 0.940. The number of thiol groups is 1. The van der Waals surface area contributed by atoms with Gasteiger partial charge >= 0.3 is 0 Å². The highest BCUT2D eigenvalue weighted by atomic mass is 32.2. The Kier molecular flexibility index (Phi) is 8.14. The van der Waals surface area contributed by atoms with Crippen molar-refractivity contribution in [2.75, 3.05) is 26.0 Å². The van der Waals surface area contributed by atoms with Gasteiger partial charge in [-0.25, -0.2) is 0 Å². The van der Waals surface area contributed by atoms with Crippen LogP contribution < -0.4 is 4.74 Å². The summed E-state index contributed by atoms with van der Waals surface area (Å²) in [7, 11) is 1.65. The fraction of sp³-hybridized carbons (Fsp3) is 0.500. The van der Waals surface area contributed by atoms with E-state index in [1.165, 1.54) is 0 Å². The van der Waals surface area contributed by atoms with Crippen LogP contribution in [0.4, 0.5) is 0 Å². The van der Waals surface area contributed by atoms with E-state index in [9.17, 15) is 9.59 Å². The summed E-state index contributed by atoms with van der Waals surface area (Å²) in [6, 6.07) is 11.7. The van der Waals surface area contributed by atoms with Crippen LogP contribution in [-0.2, 0) is 16.6 Å². The number of ketones is 1. The number of hydrogen-bond donors (Lipinski definition) is 0. The van der Waals surface area contributed by atoms with Crippen molar-refractivity contribution < 1.29 is 14.3 Å². The molecule has 0 heterocycles. The lowest BCUT2D eigenvalue weighted by Gasteiger charge is -2.25. The van der Waals surface area contributed by atoms with Crippen molar-refractivity contribution in [2.45, 2.75) is 46.3 Å². The molecule has 2 aromatic rings. The fourth-order valence-corrected chi connectivity index (χ4v) is 5.03. The Hall–Kier alpha value is -2.01. The van der Waals surface area contributed by atoms with Gasteiger partial charge in [0.1, 0.15) is 11.5 Å². The molecule has 2 rings (SSSR count). The molecule has 0 aliphatic heterocycles. The molecule has 2 aromatic carbocycles. The number of fused-ring (bicyclic) bond motifs is 1. The van der Waals surface area contributed by atoms with Gasteiger partial charge < -0.3 is 9.64 Å². The Bertz CT molecular complexity index is 857. The maximum atomic E-state index is 13.6. The smallest absolute Gasteiger partial charge is 0.219 e. The number of carbonyl (C=O) groups excluding carboxylic acids is 2. The van der Waals surface area contributed by atoms with Crippen LogP contribution in [0.1, 0.15) is 51.4 Å². The van der Waals surface area contributed by atoms with Gasteiger partial charge in [-0.1, -0.05) is 52.0 Å². The monoisotopic (exact) mass is 416 g/mol. The van der Waals surface area contributed by atoms with E-state index in [0.717, 1.165) is 52.6 Å². The quantitative estimate of drug-likeness (QED) is 0.343. The second kappa shape index (κ2) is 10.1. The average Bonchev–Trinajstić information content (AvgIpc) is 2.67. The number of nitrogens with zero attached hydrogens (tertiary/aromatic N) is 1. The zero-order valence-corrected chi connectivity index (χ0v) is 19.4. The molecule has 0 saturated heterocycles. The third-order valence-corrected chi connectivity index (χ3v) is 6.89. The van der Waals surface area contributed by atoms with E-state index >= 15 is 0 Å². The van der Waals surface area contributed by atoms with Crippen LogP contribution in [0.2, 0.25) is 0 Å². The van der Waals surface area contributed by atoms with Gasteiger partial charge in [-0.3, -0.25) is 9.59 Å². The molecule has 0 aliphatic carbocycles. The van der Waals surface area contributed by atoms with E-state index in [2.05, 4.69) is 27.7 Å². The molecule has 4 nitrogen and oxygen atoms in total. The summed E-state index contributed by atoms with van der Waals surface area (Å²) < 4.78 is 5.48. The van der Waals surface area contributed by atoms with Crippen molar-refractivity contribution in [1.29, 1.82) is 0 Å².